The number of carboxylic acid groups (broad SMARTS) is 1. The number of carbonyl (C=O) groups excluding carboxylic acids is 1. The number of hydrogen-bond donors (Lipinski definition) is 1. The molecule has 0 saturated heterocycles. The second-order valence-electron chi connectivity index (χ2n) is 4.11. The lowest BCUT2D eigenvalue weighted by atomic mass is 10.1. The van der Waals surface area contributed by atoms with Crippen molar-refractivity contribution in [2.75, 3.05) is 6.54 Å². The molecule has 1 aromatic carbocycles. The van der Waals surface area contributed by atoms with Crippen LogP contribution in [0.5, 0.6) is 5.75 Å². The molecule has 2 heterocycles. The quantitative estimate of drug-likeness (QED) is 0.844. The molecule has 5 nitrogen and oxygen atoms in total. The highest BCUT2D eigenvalue weighted by molar-refractivity contribution is 6.41. The van der Waals surface area contributed by atoms with E-state index in [-0.39, 0.29) is 18.0 Å². The van der Waals surface area contributed by atoms with Gasteiger partial charge in [0.1, 0.15) is 18.0 Å². The summed E-state index contributed by atoms with van der Waals surface area (Å²) in [7, 11) is 0. The van der Waals surface area contributed by atoms with E-state index in [9.17, 15) is 9.59 Å². The van der Waals surface area contributed by atoms with E-state index >= 15 is 0 Å². The van der Waals surface area contributed by atoms with Crippen LogP contribution in [-0.2, 0) is 16.0 Å². The first-order chi connectivity index (χ1) is 9.66. The fourth-order valence-corrected chi connectivity index (χ4v) is 1.66. The average Bonchev–Trinajstić information content (AvgIpc) is 2.48. The number of carboxylic acids is 1. The van der Waals surface area contributed by atoms with Crippen LogP contribution in [0, 0.1) is 0 Å². The highest BCUT2D eigenvalue weighted by Crippen LogP contribution is 2.21. The van der Waals surface area contributed by atoms with E-state index in [1.807, 2.05) is 24.3 Å². The normalized spacial score (nSPS) is 15.4. The van der Waals surface area contributed by atoms with Gasteiger partial charge in [-0.3, -0.25) is 9.79 Å². The Morgan fingerprint density at radius 3 is 2.70 bits per heavy atom. The van der Waals surface area contributed by atoms with Crippen LogP contribution in [0.2, 0.25) is 0 Å². The smallest absolute Gasteiger partial charge is 0.354 e. The van der Waals surface area contributed by atoms with Gasteiger partial charge in [-0.25, -0.2) is 4.79 Å². The first-order valence-corrected chi connectivity index (χ1v) is 6.05. The molecule has 20 heavy (non-hydrogen) atoms. The third kappa shape index (κ3) is 3.65. The standard InChI is InChI=1S/C9H8O.C6H5NO3/c1-2-6-9-8(4-1)5-3-7-10-9;8-4-1-2-5(6(9)10)7-3-4/h1-4,6-7H,5H2;1-2H,3H2,(H,9,10). The molecule has 0 saturated carbocycles. The highest BCUT2D eigenvalue weighted by Gasteiger charge is 2.10. The average molecular weight is 271 g/mol. The van der Waals surface area contributed by atoms with Crippen molar-refractivity contribution in [3.8, 4) is 5.75 Å². The van der Waals surface area contributed by atoms with Crippen LogP contribution < -0.4 is 4.74 Å². The fourth-order valence-electron chi connectivity index (χ4n) is 1.66. The summed E-state index contributed by atoms with van der Waals surface area (Å²) < 4.78 is 5.24. The van der Waals surface area contributed by atoms with Crippen molar-refractivity contribution in [2.24, 2.45) is 4.99 Å². The predicted octanol–water partition coefficient (Wildman–Crippen LogP) is 1.79. The molecule has 3 rings (SSSR count). The van der Waals surface area contributed by atoms with Crippen LogP contribution in [-0.4, -0.2) is 29.1 Å². The molecule has 0 amide bonds. The molecular weight excluding hydrogens is 258 g/mol. The summed E-state index contributed by atoms with van der Waals surface area (Å²) in [5, 5.41) is 8.33. The minimum absolute atomic E-state index is 0.0435. The number of ether oxygens (including phenoxy) is 1. The number of ketones is 1. The van der Waals surface area contributed by atoms with Gasteiger partial charge in [-0.15, -0.1) is 0 Å². The summed E-state index contributed by atoms with van der Waals surface area (Å²) in [6.45, 7) is -0.0435. The summed E-state index contributed by atoms with van der Waals surface area (Å²) in [5.74, 6) is -0.265. The number of aliphatic imine (C=N–C) groups is 1. The maximum Gasteiger partial charge on any atom is 0.354 e. The van der Waals surface area contributed by atoms with Crippen molar-refractivity contribution in [1.29, 1.82) is 0 Å². The Morgan fingerprint density at radius 1 is 1.25 bits per heavy atom. The van der Waals surface area contributed by atoms with Gasteiger partial charge in [-0.2, -0.15) is 0 Å². The predicted molar refractivity (Wildman–Crippen MR) is 74.0 cm³/mol. The van der Waals surface area contributed by atoms with E-state index in [2.05, 4.69) is 11.1 Å². The zero-order valence-electron chi connectivity index (χ0n) is 10.7. The van der Waals surface area contributed by atoms with Crippen molar-refractivity contribution >= 4 is 17.5 Å². The molecule has 0 unspecified atom stereocenters. The second-order valence-corrected chi connectivity index (χ2v) is 4.11. The van der Waals surface area contributed by atoms with E-state index in [1.54, 1.807) is 6.26 Å². The van der Waals surface area contributed by atoms with Gasteiger partial charge in [0.15, 0.2) is 5.78 Å². The molecule has 0 aliphatic carbocycles. The molecule has 102 valence electrons. The summed E-state index contributed by atoms with van der Waals surface area (Å²) in [6, 6.07) is 8.08. The molecule has 0 spiro atoms. The molecule has 0 aromatic heterocycles. The molecular formula is C15H13NO4. The molecule has 5 heteroatoms. The monoisotopic (exact) mass is 271 g/mol. The SMILES string of the molecule is C1=COc2ccccc2C1.O=C1C=CC(C(=O)O)=NC1. The van der Waals surface area contributed by atoms with E-state index in [0.29, 0.717) is 0 Å². The summed E-state index contributed by atoms with van der Waals surface area (Å²) in [6.07, 6.45) is 7.17. The van der Waals surface area contributed by atoms with Crippen molar-refractivity contribution in [3.05, 3.63) is 54.3 Å². The lowest BCUT2D eigenvalue weighted by molar-refractivity contribution is -0.129. The molecule has 0 radical (unpaired) electrons. The molecule has 0 atom stereocenters. The Kier molecular flexibility index (Phi) is 4.44. The van der Waals surface area contributed by atoms with Crippen LogP contribution in [0.15, 0.2) is 53.7 Å². The van der Waals surface area contributed by atoms with Gasteiger partial charge in [-0.05, 0) is 36.3 Å². The largest absolute Gasteiger partial charge is 0.477 e. The number of fused-ring (bicyclic) bond motifs is 1. The van der Waals surface area contributed by atoms with Crippen molar-refractivity contribution < 1.29 is 19.4 Å². The first kappa shape index (κ1) is 13.7. The maximum absolute atomic E-state index is 10.4. The molecule has 0 fully saturated rings. The minimum Gasteiger partial charge on any atom is -0.477 e. The third-order valence-electron chi connectivity index (χ3n) is 2.65. The van der Waals surface area contributed by atoms with Gasteiger partial charge in [-0.1, -0.05) is 18.2 Å². The Balaban J connectivity index is 0.000000147. The van der Waals surface area contributed by atoms with Crippen molar-refractivity contribution in [1.82, 2.24) is 0 Å². The number of hydrogen-bond acceptors (Lipinski definition) is 4. The van der Waals surface area contributed by atoms with Gasteiger partial charge in [0.05, 0.1) is 6.26 Å². The first-order valence-electron chi connectivity index (χ1n) is 6.05. The van der Waals surface area contributed by atoms with E-state index in [0.717, 1.165) is 12.2 Å². The van der Waals surface area contributed by atoms with Gasteiger partial charge in [0, 0.05) is 0 Å². The fraction of sp³-hybridized carbons (Fsp3) is 0.133. The summed E-state index contributed by atoms with van der Waals surface area (Å²) >= 11 is 0. The number of dihydropyridines is 1. The molecule has 2 aliphatic heterocycles. The second kappa shape index (κ2) is 6.47. The topological polar surface area (TPSA) is 76.0 Å². The summed E-state index contributed by atoms with van der Waals surface area (Å²) in [4.78, 5) is 24.1. The van der Waals surface area contributed by atoms with E-state index in [4.69, 9.17) is 9.84 Å². The van der Waals surface area contributed by atoms with Crippen molar-refractivity contribution in [2.45, 2.75) is 6.42 Å². The lowest BCUT2D eigenvalue weighted by Crippen LogP contribution is -2.16. The van der Waals surface area contributed by atoms with Gasteiger partial charge >= 0.3 is 5.97 Å². The highest BCUT2D eigenvalue weighted by atomic mass is 16.5. The van der Waals surface area contributed by atoms with Crippen LogP contribution in [0.25, 0.3) is 0 Å². The number of benzene rings is 1. The Bertz CT molecular complexity index is 587. The van der Waals surface area contributed by atoms with Gasteiger partial charge in [0.25, 0.3) is 0 Å². The zero-order chi connectivity index (χ0) is 14.4. The molecule has 0 bridgehead atoms. The molecule has 2 aliphatic rings. The molecule has 1 aromatic rings. The minimum atomic E-state index is -1.09. The van der Waals surface area contributed by atoms with Crippen molar-refractivity contribution in [3.63, 3.8) is 0 Å². The molecule has 1 N–H and O–H groups in total. The van der Waals surface area contributed by atoms with Gasteiger partial charge < -0.3 is 9.84 Å². The van der Waals surface area contributed by atoms with Crippen LogP contribution in [0.1, 0.15) is 5.56 Å². The third-order valence-corrected chi connectivity index (χ3v) is 2.65. The summed E-state index contributed by atoms with van der Waals surface area (Å²) in [5.41, 5.74) is 1.21. The van der Waals surface area contributed by atoms with E-state index in [1.165, 1.54) is 17.7 Å². The maximum atomic E-state index is 10.4. The number of nitrogens with zero attached hydrogens (tertiary/aromatic N) is 1. The number of carbonyl (C=O) groups is 2. The number of para-hydroxylation sites is 1. The zero-order valence-corrected chi connectivity index (χ0v) is 10.7. The Morgan fingerprint density at radius 2 is 2.05 bits per heavy atom. The van der Waals surface area contributed by atoms with E-state index < -0.39 is 5.97 Å². The van der Waals surface area contributed by atoms with Crippen LogP contribution in [0.3, 0.4) is 0 Å². The Hall–Kier alpha value is -2.69. The van der Waals surface area contributed by atoms with Gasteiger partial charge in [0.2, 0.25) is 0 Å². The van der Waals surface area contributed by atoms with Crippen LogP contribution in [0.4, 0.5) is 0 Å². The number of aliphatic carboxylic acids is 1. The Labute approximate surface area is 115 Å². The lowest BCUT2D eigenvalue weighted by Gasteiger charge is -2.09. The number of allylic oxidation sites excluding steroid dienone is 1. The van der Waals surface area contributed by atoms with Crippen LogP contribution >= 0.6 is 0 Å². The number of rotatable bonds is 1.